The molecule has 0 saturated carbocycles. The first-order valence-electron chi connectivity index (χ1n) is 23.3. The first kappa shape index (κ1) is 40.3. The van der Waals surface area contributed by atoms with E-state index in [0.29, 0.717) is 0 Å². The van der Waals surface area contributed by atoms with Crippen molar-refractivity contribution in [2.24, 2.45) is 0 Å². The van der Waals surface area contributed by atoms with Crippen molar-refractivity contribution in [3.8, 4) is 44.8 Å². The van der Waals surface area contributed by atoms with Gasteiger partial charge in [-0.2, -0.15) is 0 Å². The number of rotatable bonds is 9. The first-order valence-corrected chi connectivity index (χ1v) is 26.8. The van der Waals surface area contributed by atoms with Crippen LogP contribution in [0.5, 0.6) is 0 Å². The molecule has 67 heavy (non-hydrogen) atoms. The fourth-order valence-electron chi connectivity index (χ4n) is 10.0. The second kappa shape index (κ2) is 16.4. The van der Waals surface area contributed by atoms with Crippen LogP contribution in [0.4, 0.5) is 17.1 Å². The van der Waals surface area contributed by atoms with E-state index in [-0.39, 0.29) is 0 Å². The van der Waals surface area contributed by atoms with Gasteiger partial charge in [-0.15, -0.1) is 0 Å². The van der Waals surface area contributed by atoms with E-state index in [4.69, 9.17) is 0 Å². The highest BCUT2D eigenvalue weighted by Gasteiger charge is 2.19. The van der Waals surface area contributed by atoms with Gasteiger partial charge in [0, 0.05) is 50.0 Å². The molecule has 0 aliphatic rings. The third-order valence-corrected chi connectivity index (χ3v) is 15.6. The number of para-hydroxylation sites is 4. The van der Waals surface area contributed by atoms with Gasteiger partial charge in [0.2, 0.25) is 0 Å². The van der Waals surface area contributed by atoms with Gasteiger partial charge in [-0.1, -0.05) is 170 Å². The van der Waals surface area contributed by atoms with Crippen LogP contribution < -0.4 is 10.1 Å². The minimum absolute atomic E-state index is 1.10. The Morgan fingerprint density at radius 1 is 0.284 bits per heavy atom. The number of fused-ring (bicyclic) bond motifs is 6. The van der Waals surface area contributed by atoms with Gasteiger partial charge in [0.1, 0.15) is 0 Å². The Kier molecular flexibility index (Phi) is 9.85. The van der Waals surface area contributed by atoms with Crippen LogP contribution >= 0.6 is 0 Å². The van der Waals surface area contributed by atoms with Gasteiger partial charge in [-0.3, -0.25) is 0 Å². The molecule has 0 N–H and O–H groups in total. The number of aromatic nitrogens is 2. The smallest absolute Gasteiger partial charge is 0.0775 e. The molecule has 0 bridgehead atoms. The van der Waals surface area contributed by atoms with Crippen LogP contribution in [0.3, 0.4) is 0 Å². The summed E-state index contributed by atoms with van der Waals surface area (Å²) in [4.78, 5) is 2.37. The molecule has 320 valence electrons. The average molecular weight is 876 g/mol. The van der Waals surface area contributed by atoms with E-state index in [1.54, 1.807) is 0 Å². The van der Waals surface area contributed by atoms with Crippen molar-refractivity contribution in [1.82, 2.24) is 9.13 Å². The van der Waals surface area contributed by atoms with Crippen molar-refractivity contribution >= 4 is 73.9 Å². The Morgan fingerprint density at radius 3 is 0.985 bits per heavy atom. The van der Waals surface area contributed by atoms with E-state index in [0.717, 1.165) is 17.1 Å². The first-order chi connectivity index (χ1) is 32.9. The maximum atomic E-state index is 2.40. The van der Waals surface area contributed by atoms with Crippen molar-refractivity contribution in [3.05, 3.63) is 243 Å². The predicted octanol–water partition coefficient (Wildman–Crippen LogP) is 16.9. The Hall–Kier alpha value is -8.18. The van der Waals surface area contributed by atoms with Crippen molar-refractivity contribution in [2.45, 2.75) is 19.6 Å². The van der Waals surface area contributed by atoms with Gasteiger partial charge in [-0.05, 0) is 130 Å². The molecule has 2 heterocycles. The minimum Gasteiger partial charge on any atom is -0.311 e. The summed E-state index contributed by atoms with van der Waals surface area (Å²) in [6, 6.07) is 88.9. The molecule has 0 aliphatic carbocycles. The lowest BCUT2D eigenvalue weighted by atomic mass is 10.0. The van der Waals surface area contributed by atoms with E-state index >= 15 is 0 Å². The van der Waals surface area contributed by atoms with Gasteiger partial charge >= 0.3 is 0 Å². The average Bonchev–Trinajstić information content (AvgIpc) is 3.90. The van der Waals surface area contributed by atoms with Gasteiger partial charge in [0.15, 0.2) is 0 Å². The fourth-order valence-corrected chi connectivity index (χ4v) is 11.2. The maximum absolute atomic E-state index is 2.40. The van der Waals surface area contributed by atoms with Crippen LogP contribution in [0, 0.1) is 0 Å². The predicted molar refractivity (Wildman–Crippen MR) is 289 cm³/mol. The zero-order valence-electron chi connectivity index (χ0n) is 37.9. The van der Waals surface area contributed by atoms with Crippen molar-refractivity contribution in [3.63, 3.8) is 0 Å². The number of benzene rings is 10. The summed E-state index contributed by atoms with van der Waals surface area (Å²) < 4.78 is 4.74. The monoisotopic (exact) mass is 875 g/mol. The molecule has 0 spiro atoms. The zero-order valence-corrected chi connectivity index (χ0v) is 38.9. The summed E-state index contributed by atoms with van der Waals surface area (Å²) >= 11 is 0. The van der Waals surface area contributed by atoms with E-state index < -0.39 is 8.07 Å². The lowest BCUT2D eigenvalue weighted by Crippen LogP contribution is -2.37. The van der Waals surface area contributed by atoms with E-state index in [2.05, 4.69) is 276 Å². The molecular formula is C63H49N3Si. The number of nitrogens with zero attached hydrogens (tertiary/aromatic N) is 3. The second-order valence-electron chi connectivity index (χ2n) is 18.6. The van der Waals surface area contributed by atoms with Crippen molar-refractivity contribution < 1.29 is 0 Å². The third kappa shape index (κ3) is 7.23. The number of anilines is 3. The fraction of sp³-hybridized carbons (Fsp3) is 0.0476. The highest BCUT2D eigenvalue weighted by molar-refractivity contribution is 6.88. The lowest BCUT2D eigenvalue weighted by molar-refractivity contribution is 1.18. The maximum Gasteiger partial charge on any atom is 0.0775 e. The minimum atomic E-state index is -1.39. The molecule has 0 fully saturated rings. The molecule has 0 atom stereocenters. The van der Waals surface area contributed by atoms with Crippen LogP contribution in [-0.4, -0.2) is 17.2 Å². The van der Waals surface area contributed by atoms with E-state index in [1.165, 1.54) is 93.6 Å². The Morgan fingerprint density at radius 2 is 0.597 bits per heavy atom. The van der Waals surface area contributed by atoms with Crippen LogP contribution in [0.2, 0.25) is 19.6 Å². The summed E-state index contributed by atoms with van der Waals surface area (Å²) in [5, 5.41) is 6.48. The third-order valence-electron chi connectivity index (χ3n) is 13.5. The highest BCUT2D eigenvalue weighted by Crippen LogP contribution is 2.41. The molecule has 10 aromatic carbocycles. The molecule has 0 aliphatic heterocycles. The Balaban J connectivity index is 0.916. The molecule has 0 unspecified atom stereocenters. The molecule has 4 heteroatoms. The SMILES string of the molecule is C[Si](C)(C)c1ccc(-c2ccc(N(c3ccc(-c4ccc5c(c4)c4ccccc4n5-c4ccccc4)cc3)c3ccc(-c4ccc5c(c4)c4ccccc4n5-c4ccccc4)cc3)cc2)cc1. The summed E-state index contributed by atoms with van der Waals surface area (Å²) in [5.74, 6) is 0. The molecule has 3 nitrogen and oxygen atoms in total. The van der Waals surface area contributed by atoms with Crippen LogP contribution in [-0.2, 0) is 0 Å². The molecule has 0 radical (unpaired) electrons. The number of hydrogen-bond donors (Lipinski definition) is 0. The van der Waals surface area contributed by atoms with Crippen LogP contribution in [0.15, 0.2) is 243 Å². The molecule has 12 rings (SSSR count). The van der Waals surface area contributed by atoms with Crippen molar-refractivity contribution in [1.29, 1.82) is 0 Å². The van der Waals surface area contributed by atoms with E-state index in [1.807, 2.05) is 0 Å². The van der Waals surface area contributed by atoms with Gasteiger partial charge in [-0.25, -0.2) is 0 Å². The summed E-state index contributed by atoms with van der Waals surface area (Å²) in [6.45, 7) is 7.21. The normalized spacial score (nSPS) is 11.8. The van der Waals surface area contributed by atoms with Gasteiger partial charge in [0.25, 0.3) is 0 Å². The quantitative estimate of drug-likeness (QED) is 0.132. The summed E-state index contributed by atoms with van der Waals surface area (Å²) in [7, 11) is -1.39. The number of hydrogen-bond acceptors (Lipinski definition) is 1. The Bertz CT molecular complexity index is 3530. The summed E-state index contributed by atoms with van der Waals surface area (Å²) in [6.07, 6.45) is 0. The van der Waals surface area contributed by atoms with Crippen LogP contribution in [0.25, 0.3) is 88.4 Å². The molecule has 12 aromatic rings. The lowest BCUT2D eigenvalue weighted by Gasteiger charge is -2.26. The molecular weight excluding hydrogens is 827 g/mol. The zero-order chi connectivity index (χ0) is 45.1. The Labute approximate surface area is 393 Å². The molecule has 2 aromatic heterocycles. The van der Waals surface area contributed by atoms with Gasteiger partial charge < -0.3 is 14.0 Å². The second-order valence-corrected chi connectivity index (χ2v) is 23.7. The summed E-state index contributed by atoms with van der Waals surface area (Å²) in [5.41, 5.74) is 17.7. The van der Waals surface area contributed by atoms with Gasteiger partial charge in [0.05, 0.1) is 30.1 Å². The topological polar surface area (TPSA) is 13.1 Å². The van der Waals surface area contributed by atoms with E-state index in [9.17, 15) is 0 Å². The largest absolute Gasteiger partial charge is 0.311 e. The van der Waals surface area contributed by atoms with Crippen LogP contribution in [0.1, 0.15) is 0 Å². The van der Waals surface area contributed by atoms with Crippen molar-refractivity contribution in [2.75, 3.05) is 4.90 Å². The molecule has 0 saturated heterocycles. The highest BCUT2D eigenvalue weighted by atomic mass is 28.3. The standard InChI is InChI=1S/C63H49N3Si/c1-67(2,3)55-38-28-45(29-39-55)44-22-32-52(33-23-44)64(53-34-24-46(25-35-53)48-30-40-62-58(42-48)56-18-10-12-20-60(56)65(62)50-14-6-4-7-15-50)54-36-26-47(27-37-54)49-31-41-63-59(43-49)57-19-11-13-21-61(57)66(63)51-16-8-5-9-17-51/h4-43H,1-3H3. The molecule has 0 amide bonds.